The zero-order chi connectivity index (χ0) is 26.8. The SMILES string of the molecule is CC(C(=O)NCCC1=CCCCC1)N(Cc1ccc(Cl)cc1)C(=O)CN(Cc1ccccc1)S(C)(=O)=O. The Morgan fingerprint density at radius 2 is 1.68 bits per heavy atom. The zero-order valence-electron chi connectivity index (χ0n) is 21.5. The van der Waals surface area contributed by atoms with Gasteiger partial charge in [0.15, 0.2) is 0 Å². The van der Waals surface area contributed by atoms with Gasteiger partial charge < -0.3 is 10.2 Å². The number of hydrogen-bond donors (Lipinski definition) is 1. The van der Waals surface area contributed by atoms with Crippen molar-refractivity contribution in [3.8, 4) is 0 Å². The average molecular weight is 546 g/mol. The summed E-state index contributed by atoms with van der Waals surface area (Å²) in [6, 6.07) is 15.3. The summed E-state index contributed by atoms with van der Waals surface area (Å²) in [7, 11) is -3.68. The molecule has 1 aliphatic rings. The van der Waals surface area contributed by atoms with Crippen LogP contribution in [0, 0.1) is 0 Å². The van der Waals surface area contributed by atoms with E-state index in [0.29, 0.717) is 11.6 Å². The maximum Gasteiger partial charge on any atom is 0.242 e. The molecule has 0 saturated carbocycles. The number of hydrogen-bond acceptors (Lipinski definition) is 4. The molecule has 2 amide bonds. The number of halogens is 1. The molecule has 0 saturated heterocycles. The quantitative estimate of drug-likeness (QED) is 0.397. The minimum absolute atomic E-state index is 0.0654. The Morgan fingerprint density at radius 1 is 1.00 bits per heavy atom. The van der Waals surface area contributed by atoms with Gasteiger partial charge in [0, 0.05) is 24.7 Å². The van der Waals surface area contributed by atoms with Gasteiger partial charge in [0.05, 0.1) is 12.8 Å². The summed E-state index contributed by atoms with van der Waals surface area (Å²) in [5, 5.41) is 3.52. The molecule has 1 atom stereocenters. The molecule has 2 aromatic carbocycles. The predicted octanol–water partition coefficient (Wildman–Crippen LogP) is 4.53. The Bertz CT molecular complexity index is 1180. The lowest BCUT2D eigenvalue weighted by Gasteiger charge is -2.31. The van der Waals surface area contributed by atoms with Crippen LogP contribution in [0.15, 0.2) is 66.2 Å². The molecule has 9 heteroatoms. The van der Waals surface area contributed by atoms with Crippen LogP contribution >= 0.6 is 11.6 Å². The molecule has 0 spiro atoms. The monoisotopic (exact) mass is 545 g/mol. The Morgan fingerprint density at radius 3 is 2.30 bits per heavy atom. The van der Waals surface area contributed by atoms with Gasteiger partial charge in [-0.15, -0.1) is 0 Å². The Balaban J connectivity index is 1.74. The fourth-order valence-electron chi connectivity index (χ4n) is 4.31. The summed E-state index contributed by atoms with van der Waals surface area (Å²) in [5.74, 6) is -0.721. The summed E-state index contributed by atoms with van der Waals surface area (Å²) in [5.41, 5.74) is 2.92. The van der Waals surface area contributed by atoms with Crippen molar-refractivity contribution >= 4 is 33.4 Å². The smallest absolute Gasteiger partial charge is 0.242 e. The molecule has 0 fully saturated rings. The molecule has 2 aromatic rings. The van der Waals surface area contributed by atoms with Crippen molar-refractivity contribution in [3.05, 3.63) is 82.4 Å². The first-order chi connectivity index (χ1) is 17.6. The second-order valence-electron chi connectivity index (χ2n) is 9.49. The predicted molar refractivity (Wildman–Crippen MR) is 147 cm³/mol. The third-order valence-electron chi connectivity index (χ3n) is 6.55. The summed E-state index contributed by atoms with van der Waals surface area (Å²) in [4.78, 5) is 28.0. The maximum atomic E-state index is 13.5. The first kappa shape index (κ1) is 28.9. The van der Waals surface area contributed by atoms with Gasteiger partial charge in [0.25, 0.3) is 0 Å². The van der Waals surface area contributed by atoms with E-state index in [1.165, 1.54) is 23.3 Å². The molecule has 1 N–H and O–H groups in total. The Labute approximate surface area is 225 Å². The van der Waals surface area contributed by atoms with Crippen LogP contribution < -0.4 is 5.32 Å². The van der Waals surface area contributed by atoms with E-state index in [1.54, 1.807) is 31.2 Å². The highest BCUT2D eigenvalue weighted by molar-refractivity contribution is 7.88. The molecule has 0 bridgehead atoms. The topological polar surface area (TPSA) is 86.8 Å². The molecular weight excluding hydrogens is 510 g/mol. The van der Waals surface area contributed by atoms with Crippen LogP contribution in [0.4, 0.5) is 0 Å². The van der Waals surface area contributed by atoms with Crippen LogP contribution in [-0.2, 0) is 32.7 Å². The van der Waals surface area contributed by atoms with Crippen molar-refractivity contribution in [2.24, 2.45) is 0 Å². The van der Waals surface area contributed by atoms with Crippen molar-refractivity contribution in [2.75, 3.05) is 19.3 Å². The summed E-state index contributed by atoms with van der Waals surface area (Å²) < 4.78 is 26.2. The van der Waals surface area contributed by atoms with Crippen LogP contribution in [0.1, 0.15) is 50.2 Å². The van der Waals surface area contributed by atoms with Crippen LogP contribution in [0.3, 0.4) is 0 Å². The lowest BCUT2D eigenvalue weighted by molar-refractivity contribution is -0.140. The lowest BCUT2D eigenvalue weighted by Crippen LogP contribution is -2.51. The standard InChI is InChI=1S/C28H36ClN3O4S/c1-22(28(34)30-18-17-23-9-5-3-6-10-23)32(20-25-13-15-26(29)16-14-25)27(33)21-31(37(2,35)36)19-24-11-7-4-8-12-24/h4,7-9,11-16,22H,3,5-6,10,17-21H2,1-2H3,(H,30,34). The third-order valence-corrected chi connectivity index (χ3v) is 7.99. The molecule has 0 aromatic heterocycles. The van der Waals surface area contributed by atoms with Gasteiger partial charge in [0.2, 0.25) is 21.8 Å². The number of benzene rings is 2. The summed E-state index contributed by atoms with van der Waals surface area (Å²) in [6.07, 6.45) is 8.67. The van der Waals surface area contributed by atoms with E-state index in [1.807, 2.05) is 30.3 Å². The second-order valence-corrected chi connectivity index (χ2v) is 11.9. The molecule has 0 aliphatic heterocycles. The van der Waals surface area contributed by atoms with Crippen LogP contribution in [-0.4, -0.2) is 54.8 Å². The molecule has 0 radical (unpaired) electrons. The van der Waals surface area contributed by atoms with Gasteiger partial charge in [-0.3, -0.25) is 9.59 Å². The van der Waals surface area contributed by atoms with Crippen LogP contribution in [0.2, 0.25) is 5.02 Å². The Hall–Kier alpha value is -2.68. The van der Waals surface area contributed by atoms with E-state index in [4.69, 9.17) is 11.6 Å². The van der Waals surface area contributed by atoms with Gasteiger partial charge >= 0.3 is 0 Å². The van der Waals surface area contributed by atoms with Crippen LogP contribution in [0.25, 0.3) is 0 Å². The van der Waals surface area contributed by atoms with E-state index in [0.717, 1.165) is 41.0 Å². The molecule has 1 unspecified atom stereocenters. The number of carbonyl (C=O) groups is 2. The number of rotatable bonds is 12. The van der Waals surface area contributed by atoms with Gasteiger partial charge in [-0.05, 0) is 62.3 Å². The number of amides is 2. The normalized spacial score (nSPS) is 14.6. The van der Waals surface area contributed by atoms with Gasteiger partial charge in [-0.1, -0.05) is 65.7 Å². The van der Waals surface area contributed by atoms with Crippen molar-refractivity contribution < 1.29 is 18.0 Å². The molecule has 0 heterocycles. The second kappa shape index (κ2) is 13.7. The highest BCUT2D eigenvalue weighted by Crippen LogP contribution is 2.20. The number of nitrogens with one attached hydrogen (secondary N) is 1. The first-order valence-electron chi connectivity index (χ1n) is 12.6. The van der Waals surface area contributed by atoms with E-state index >= 15 is 0 Å². The average Bonchev–Trinajstić information content (AvgIpc) is 2.88. The van der Waals surface area contributed by atoms with E-state index in [-0.39, 0.29) is 25.5 Å². The molecule has 37 heavy (non-hydrogen) atoms. The molecule has 3 rings (SSSR count). The minimum Gasteiger partial charge on any atom is -0.354 e. The largest absolute Gasteiger partial charge is 0.354 e. The Kier molecular flexibility index (Phi) is 10.7. The minimum atomic E-state index is -3.68. The van der Waals surface area contributed by atoms with Crippen molar-refractivity contribution in [1.29, 1.82) is 0 Å². The molecule has 7 nitrogen and oxygen atoms in total. The summed E-state index contributed by atoms with van der Waals surface area (Å²) in [6.45, 7) is 2.02. The molecular formula is C28H36ClN3O4S. The maximum absolute atomic E-state index is 13.5. The highest BCUT2D eigenvalue weighted by Gasteiger charge is 2.29. The fourth-order valence-corrected chi connectivity index (χ4v) is 5.17. The third kappa shape index (κ3) is 9.29. The van der Waals surface area contributed by atoms with Gasteiger partial charge in [-0.25, -0.2) is 8.42 Å². The molecule has 1 aliphatic carbocycles. The lowest BCUT2D eigenvalue weighted by atomic mass is 9.97. The highest BCUT2D eigenvalue weighted by atomic mass is 35.5. The van der Waals surface area contributed by atoms with Gasteiger partial charge in [-0.2, -0.15) is 4.31 Å². The van der Waals surface area contributed by atoms with Crippen molar-refractivity contribution in [3.63, 3.8) is 0 Å². The van der Waals surface area contributed by atoms with E-state index < -0.39 is 22.0 Å². The van der Waals surface area contributed by atoms with Crippen molar-refractivity contribution in [1.82, 2.24) is 14.5 Å². The van der Waals surface area contributed by atoms with Gasteiger partial charge in [0.1, 0.15) is 6.04 Å². The zero-order valence-corrected chi connectivity index (χ0v) is 23.1. The van der Waals surface area contributed by atoms with E-state index in [2.05, 4.69) is 11.4 Å². The van der Waals surface area contributed by atoms with Crippen LogP contribution in [0.5, 0.6) is 0 Å². The molecule has 200 valence electrons. The summed E-state index contributed by atoms with van der Waals surface area (Å²) >= 11 is 6.02. The number of allylic oxidation sites excluding steroid dienone is 1. The van der Waals surface area contributed by atoms with E-state index in [9.17, 15) is 18.0 Å². The fraction of sp³-hybridized carbons (Fsp3) is 0.429. The number of sulfonamides is 1. The van der Waals surface area contributed by atoms with Crippen molar-refractivity contribution in [2.45, 2.75) is 58.2 Å². The number of carbonyl (C=O) groups excluding carboxylic acids is 2. The first-order valence-corrected chi connectivity index (χ1v) is 14.8. The number of nitrogens with zero attached hydrogens (tertiary/aromatic N) is 2.